The van der Waals surface area contributed by atoms with Gasteiger partial charge in [0.1, 0.15) is 27.4 Å². The van der Waals surface area contributed by atoms with E-state index in [-0.39, 0.29) is 56.5 Å². The molecular formula is C37H32N4O8S2+2. The summed E-state index contributed by atoms with van der Waals surface area (Å²) in [7, 11) is -8.57. The van der Waals surface area contributed by atoms with Gasteiger partial charge in [-0.15, -0.1) is 0 Å². The summed E-state index contributed by atoms with van der Waals surface area (Å²) in [5, 5.41) is 38.2. The summed E-state index contributed by atoms with van der Waals surface area (Å²) >= 11 is 0. The zero-order chi connectivity index (χ0) is 36.6. The first-order valence-corrected chi connectivity index (χ1v) is 18.8. The summed E-state index contributed by atoms with van der Waals surface area (Å²) in [6.07, 6.45) is 7.01. The SMILES string of the molecule is CCC(CC)(c1ccc(OS(=O)(=O)c2cccc3c(O)c([N+]#N)ccc23)cc1)c1ccc(OS(=O)(=O)C2C=CC(O)=C3CC([N+]#N)=CC=C32)cc1. The summed E-state index contributed by atoms with van der Waals surface area (Å²) in [6.45, 7) is 4.05. The number of aromatic hydroxyl groups is 1. The van der Waals surface area contributed by atoms with Crippen LogP contribution in [0.2, 0.25) is 0 Å². The normalized spacial score (nSPS) is 16.0. The smallest absolute Gasteiger partial charge is 0.426 e. The molecule has 0 aromatic heterocycles. The highest BCUT2D eigenvalue weighted by atomic mass is 32.2. The van der Waals surface area contributed by atoms with E-state index >= 15 is 0 Å². The third-order valence-electron chi connectivity index (χ3n) is 9.43. The molecule has 2 aliphatic rings. The average molecular weight is 725 g/mol. The minimum Gasteiger partial charge on any atom is -0.508 e. The van der Waals surface area contributed by atoms with Gasteiger partial charge < -0.3 is 18.6 Å². The Balaban J connectivity index is 1.23. The third kappa shape index (κ3) is 6.31. The minimum atomic E-state index is -4.34. The van der Waals surface area contributed by atoms with Gasteiger partial charge in [-0.2, -0.15) is 16.8 Å². The van der Waals surface area contributed by atoms with E-state index in [1.807, 2.05) is 13.8 Å². The van der Waals surface area contributed by atoms with Crippen molar-refractivity contribution in [2.24, 2.45) is 0 Å². The van der Waals surface area contributed by atoms with Crippen LogP contribution in [0.5, 0.6) is 17.2 Å². The number of nitrogens with zero attached hydrogens (tertiary/aromatic N) is 4. The molecule has 2 N–H and O–H groups in total. The fraction of sp³-hybridized carbons (Fsp3) is 0.189. The van der Waals surface area contributed by atoms with Crippen molar-refractivity contribution in [3.8, 4) is 17.2 Å². The summed E-state index contributed by atoms with van der Waals surface area (Å²) < 4.78 is 64.6. The molecule has 4 aromatic rings. The first-order chi connectivity index (χ1) is 24.4. The van der Waals surface area contributed by atoms with Gasteiger partial charge in [0, 0.05) is 33.9 Å². The molecule has 4 aromatic carbocycles. The second-order valence-corrected chi connectivity index (χ2v) is 15.2. The van der Waals surface area contributed by atoms with Crippen LogP contribution in [0.4, 0.5) is 5.69 Å². The number of fused-ring (bicyclic) bond motifs is 2. The molecular weight excluding hydrogens is 693 g/mol. The highest BCUT2D eigenvalue weighted by Crippen LogP contribution is 2.42. The first-order valence-electron chi connectivity index (χ1n) is 15.9. The van der Waals surface area contributed by atoms with E-state index in [1.165, 1.54) is 54.6 Å². The van der Waals surface area contributed by atoms with E-state index < -0.39 is 30.9 Å². The van der Waals surface area contributed by atoms with Gasteiger partial charge in [0.25, 0.3) is 0 Å². The third-order valence-corrected chi connectivity index (χ3v) is 12.2. The van der Waals surface area contributed by atoms with Gasteiger partial charge in [-0.3, -0.25) is 0 Å². The van der Waals surface area contributed by atoms with Crippen molar-refractivity contribution in [2.45, 2.75) is 48.7 Å². The number of phenols is 1. The zero-order valence-corrected chi connectivity index (χ0v) is 29.1. The lowest BCUT2D eigenvalue weighted by Gasteiger charge is -2.33. The monoisotopic (exact) mass is 724 g/mol. The predicted molar refractivity (Wildman–Crippen MR) is 190 cm³/mol. The molecule has 0 saturated carbocycles. The Bertz CT molecular complexity index is 2490. The molecule has 2 aliphatic carbocycles. The number of phenolic OH excluding ortho intramolecular Hbond substituents is 1. The van der Waals surface area contributed by atoms with Gasteiger partial charge in [0.2, 0.25) is 16.5 Å². The lowest BCUT2D eigenvalue weighted by atomic mass is 9.70. The maximum absolute atomic E-state index is 13.4. The van der Waals surface area contributed by atoms with Crippen molar-refractivity contribution >= 4 is 36.7 Å². The highest BCUT2D eigenvalue weighted by Gasteiger charge is 2.38. The molecule has 14 heteroatoms. The van der Waals surface area contributed by atoms with E-state index in [4.69, 9.17) is 19.2 Å². The van der Waals surface area contributed by atoms with Gasteiger partial charge in [-0.25, -0.2) is 0 Å². The molecule has 0 fully saturated rings. The highest BCUT2D eigenvalue weighted by molar-refractivity contribution is 7.88. The lowest BCUT2D eigenvalue weighted by molar-refractivity contribution is 0.421. The van der Waals surface area contributed by atoms with E-state index in [9.17, 15) is 27.0 Å². The molecule has 258 valence electrons. The zero-order valence-electron chi connectivity index (χ0n) is 27.5. The summed E-state index contributed by atoms with van der Waals surface area (Å²) in [4.78, 5) is 6.00. The Labute approximate surface area is 294 Å². The number of benzene rings is 4. The molecule has 0 bridgehead atoms. The maximum Gasteiger partial charge on any atom is 0.426 e. The number of aliphatic hydroxyl groups is 1. The van der Waals surface area contributed by atoms with Crippen LogP contribution >= 0.6 is 0 Å². The average Bonchev–Trinajstić information content (AvgIpc) is 3.13. The number of aliphatic hydroxyl groups excluding tert-OH is 1. The van der Waals surface area contributed by atoms with E-state index in [0.29, 0.717) is 24.0 Å². The van der Waals surface area contributed by atoms with Crippen molar-refractivity contribution in [3.63, 3.8) is 0 Å². The van der Waals surface area contributed by atoms with E-state index in [0.717, 1.165) is 11.1 Å². The van der Waals surface area contributed by atoms with Crippen LogP contribution in [0.25, 0.3) is 20.7 Å². The lowest BCUT2D eigenvalue weighted by Crippen LogP contribution is -2.30. The standard InChI is InChI=1S/C37H30N4O8S2/c1-3-37(4-2,23-8-13-26(14-9-23)48-50(44,45)34-7-5-6-30-28(34)18-19-32(41-39)36(30)43)24-10-15-27(16-11-24)49-51(46,47)35-21-20-33(42)31-22-25(40-38)12-17-29(31)35/h5-21,35H,3-4,22H2,1-2H3/p+2. The predicted octanol–water partition coefficient (Wildman–Crippen LogP) is 8.43. The quantitative estimate of drug-likeness (QED) is 0.119. The van der Waals surface area contributed by atoms with Gasteiger partial charge >= 0.3 is 31.6 Å². The van der Waals surface area contributed by atoms with Crippen molar-refractivity contribution in [2.75, 3.05) is 0 Å². The minimum absolute atomic E-state index is 0.0673. The van der Waals surface area contributed by atoms with Gasteiger partial charge in [0.15, 0.2) is 9.95 Å². The number of hydrogen-bond donors (Lipinski definition) is 2. The fourth-order valence-corrected chi connectivity index (χ4v) is 9.12. The van der Waals surface area contributed by atoms with Crippen LogP contribution in [0, 0.1) is 10.8 Å². The van der Waals surface area contributed by atoms with Crippen LogP contribution in [0.15, 0.2) is 131 Å². The molecule has 0 spiro atoms. The Morgan fingerprint density at radius 3 is 2.00 bits per heavy atom. The second kappa shape index (κ2) is 13.4. The van der Waals surface area contributed by atoms with Crippen molar-refractivity contribution in [3.05, 3.63) is 147 Å². The van der Waals surface area contributed by atoms with Crippen LogP contribution in [0.3, 0.4) is 0 Å². The van der Waals surface area contributed by atoms with Crippen molar-refractivity contribution in [1.29, 1.82) is 10.8 Å². The summed E-state index contributed by atoms with van der Waals surface area (Å²) in [6, 6.07) is 20.5. The van der Waals surface area contributed by atoms with Crippen LogP contribution < -0.4 is 8.37 Å². The fourth-order valence-electron chi connectivity index (χ4n) is 6.69. The second-order valence-electron chi connectivity index (χ2n) is 12.0. The number of hydrogen-bond acceptors (Lipinski definition) is 10. The molecule has 0 amide bonds. The largest absolute Gasteiger partial charge is 0.508 e. The van der Waals surface area contributed by atoms with E-state index in [2.05, 4.69) is 9.95 Å². The molecule has 0 aliphatic heterocycles. The molecule has 0 saturated heterocycles. The van der Waals surface area contributed by atoms with Gasteiger partial charge in [-0.1, -0.05) is 56.3 Å². The number of diazo groups is 2. The first kappa shape index (κ1) is 34.9. The molecule has 1 unspecified atom stereocenters. The van der Waals surface area contributed by atoms with Crippen molar-refractivity contribution < 1.29 is 35.4 Å². The Hall–Kier alpha value is -5.96. The molecule has 12 nitrogen and oxygen atoms in total. The van der Waals surface area contributed by atoms with E-state index in [1.54, 1.807) is 48.5 Å². The molecule has 51 heavy (non-hydrogen) atoms. The van der Waals surface area contributed by atoms with Crippen LogP contribution in [-0.4, -0.2) is 32.3 Å². The molecule has 0 radical (unpaired) electrons. The molecule has 1 atom stereocenters. The summed E-state index contributed by atoms with van der Waals surface area (Å²) in [5.41, 5.74) is 2.10. The number of rotatable bonds is 10. The van der Waals surface area contributed by atoms with Gasteiger partial charge in [-0.05, 0) is 78.1 Å². The van der Waals surface area contributed by atoms with Crippen LogP contribution in [0.1, 0.15) is 44.2 Å². The Kier molecular flexibility index (Phi) is 9.16. The Morgan fingerprint density at radius 1 is 0.784 bits per heavy atom. The topological polar surface area (TPSA) is 184 Å². The molecule has 6 rings (SSSR count). The van der Waals surface area contributed by atoms with Crippen LogP contribution in [-0.2, 0) is 25.7 Å². The van der Waals surface area contributed by atoms with Gasteiger partial charge in [0.05, 0.1) is 6.42 Å². The maximum atomic E-state index is 13.4. The Morgan fingerprint density at radius 2 is 1.41 bits per heavy atom. The van der Waals surface area contributed by atoms with Crippen molar-refractivity contribution in [1.82, 2.24) is 0 Å². The molecule has 0 heterocycles. The number of allylic oxidation sites excluding steroid dienone is 4. The summed E-state index contributed by atoms with van der Waals surface area (Å²) in [5.74, 6) is -0.296.